The van der Waals surface area contributed by atoms with Gasteiger partial charge in [0.1, 0.15) is 5.75 Å². The van der Waals surface area contributed by atoms with Gasteiger partial charge in [-0.3, -0.25) is 9.59 Å². The Balaban J connectivity index is 1.71. The first-order chi connectivity index (χ1) is 12.9. The highest BCUT2D eigenvalue weighted by atomic mass is 16.5. The molecule has 0 radical (unpaired) electrons. The third kappa shape index (κ3) is 5.87. The number of piperidine rings is 1. The molecule has 1 aromatic carbocycles. The number of hydrogen-bond donors (Lipinski definition) is 2. The van der Waals surface area contributed by atoms with Gasteiger partial charge in [-0.1, -0.05) is 18.2 Å². The molecule has 148 valence electrons. The van der Waals surface area contributed by atoms with E-state index >= 15 is 0 Å². The monoisotopic (exact) mass is 376 g/mol. The number of likely N-dealkylation sites (tertiary alicyclic amines) is 1. The molecule has 1 saturated heterocycles. The van der Waals surface area contributed by atoms with E-state index in [0.717, 1.165) is 18.4 Å². The first-order valence-corrected chi connectivity index (χ1v) is 9.06. The van der Waals surface area contributed by atoms with Crippen molar-refractivity contribution in [3.63, 3.8) is 0 Å². The van der Waals surface area contributed by atoms with E-state index in [0.29, 0.717) is 25.4 Å². The Kier molecular flexibility index (Phi) is 7.45. The first kappa shape index (κ1) is 20.5. The Morgan fingerprint density at radius 1 is 1.11 bits per heavy atom. The molecule has 1 fully saturated rings. The zero-order valence-corrected chi connectivity index (χ0v) is 16.2. The van der Waals surface area contributed by atoms with Crippen LogP contribution in [0.2, 0.25) is 0 Å². The normalized spacial score (nSPS) is 14.4. The molecule has 1 aliphatic heterocycles. The molecule has 0 bridgehead atoms. The summed E-state index contributed by atoms with van der Waals surface area (Å²) < 4.78 is 5.22. The van der Waals surface area contributed by atoms with Crippen molar-refractivity contribution in [1.29, 1.82) is 0 Å². The molecule has 2 rings (SSSR count). The summed E-state index contributed by atoms with van der Waals surface area (Å²) in [5, 5.41) is 5.29. The molecule has 4 amide bonds. The summed E-state index contributed by atoms with van der Waals surface area (Å²) in [7, 11) is 5.03. The fraction of sp³-hybridized carbons (Fsp3) is 0.526. The molecule has 0 spiro atoms. The van der Waals surface area contributed by atoms with E-state index in [2.05, 4.69) is 10.6 Å². The molecular formula is C19H28N4O4. The molecular weight excluding hydrogens is 348 g/mol. The lowest BCUT2D eigenvalue weighted by atomic mass is 9.97. The summed E-state index contributed by atoms with van der Waals surface area (Å²) in [4.78, 5) is 39.3. The fourth-order valence-electron chi connectivity index (χ4n) is 3.03. The Morgan fingerprint density at radius 3 is 2.37 bits per heavy atom. The standard InChI is InChI=1S/C19H28N4O4/c1-22(2)19(26)23-10-8-14(9-11-23)12-20-17(24)18(25)21-13-15-6-4-5-7-16(15)27-3/h4-7,14H,8-13H2,1-3H3,(H,20,24)(H,21,25). The predicted octanol–water partition coefficient (Wildman–Crippen LogP) is 0.821. The average Bonchev–Trinajstić information content (AvgIpc) is 2.70. The van der Waals surface area contributed by atoms with E-state index in [4.69, 9.17) is 4.74 Å². The Labute approximate surface area is 159 Å². The number of amides is 4. The fourth-order valence-corrected chi connectivity index (χ4v) is 3.03. The Hall–Kier alpha value is -2.77. The number of methoxy groups -OCH3 is 1. The van der Waals surface area contributed by atoms with Crippen LogP contribution in [0.15, 0.2) is 24.3 Å². The van der Waals surface area contributed by atoms with Crippen molar-refractivity contribution in [2.45, 2.75) is 19.4 Å². The number of rotatable bonds is 5. The summed E-state index contributed by atoms with van der Waals surface area (Å²) in [5.41, 5.74) is 0.805. The maximum Gasteiger partial charge on any atom is 0.319 e. The number of nitrogens with zero attached hydrogens (tertiary/aromatic N) is 2. The van der Waals surface area contributed by atoms with Crippen LogP contribution in [0.4, 0.5) is 4.79 Å². The van der Waals surface area contributed by atoms with Crippen molar-refractivity contribution < 1.29 is 19.1 Å². The molecule has 8 heteroatoms. The van der Waals surface area contributed by atoms with Gasteiger partial charge < -0.3 is 25.2 Å². The predicted molar refractivity (Wildman–Crippen MR) is 101 cm³/mol. The highest BCUT2D eigenvalue weighted by Gasteiger charge is 2.24. The Morgan fingerprint density at radius 2 is 1.74 bits per heavy atom. The van der Waals surface area contributed by atoms with E-state index in [9.17, 15) is 14.4 Å². The molecule has 0 atom stereocenters. The smallest absolute Gasteiger partial charge is 0.319 e. The van der Waals surface area contributed by atoms with Gasteiger partial charge in [-0.25, -0.2) is 4.79 Å². The number of carbonyl (C=O) groups excluding carboxylic acids is 3. The van der Waals surface area contributed by atoms with Gasteiger partial charge >= 0.3 is 17.8 Å². The molecule has 0 saturated carbocycles. The number of urea groups is 1. The van der Waals surface area contributed by atoms with Crippen molar-refractivity contribution >= 4 is 17.8 Å². The molecule has 0 aliphatic carbocycles. The number of nitrogens with one attached hydrogen (secondary N) is 2. The molecule has 2 N–H and O–H groups in total. The third-order valence-corrected chi connectivity index (χ3v) is 4.66. The second-order valence-corrected chi connectivity index (χ2v) is 6.81. The third-order valence-electron chi connectivity index (χ3n) is 4.66. The maximum absolute atomic E-state index is 12.0. The minimum Gasteiger partial charge on any atom is -0.496 e. The zero-order chi connectivity index (χ0) is 19.8. The van der Waals surface area contributed by atoms with Gasteiger partial charge in [0.05, 0.1) is 7.11 Å². The maximum atomic E-state index is 12.0. The van der Waals surface area contributed by atoms with E-state index in [1.807, 2.05) is 18.2 Å². The van der Waals surface area contributed by atoms with Crippen molar-refractivity contribution in [3.8, 4) is 5.75 Å². The van der Waals surface area contributed by atoms with Crippen molar-refractivity contribution in [3.05, 3.63) is 29.8 Å². The lowest BCUT2D eigenvalue weighted by Gasteiger charge is -2.33. The molecule has 0 aromatic heterocycles. The van der Waals surface area contributed by atoms with Crippen LogP contribution in [0.3, 0.4) is 0 Å². The van der Waals surface area contributed by atoms with Crippen molar-refractivity contribution in [1.82, 2.24) is 20.4 Å². The van der Waals surface area contributed by atoms with Crippen LogP contribution in [-0.4, -0.2) is 68.5 Å². The number of hydrogen-bond acceptors (Lipinski definition) is 4. The van der Waals surface area contributed by atoms with Crippen molar-refractivity contribution in [2.24, 2.45) is 5.92 Å². The lowest BCUT2D eigenvalue weighted by Crippen LogP contribution is -2.46. The molecule has 0 unspecified atom stereocenters. The van der Waals surface area contributed by atoms with Gasteiger partial charge in [0.15, 0.2) is 0 Å². The van der Waals surface area contributed by atoms with Crippen molar-refractivity contribution in [2.75, 3.05) is 40.8 Å². The first-order valence-electron chi connectivity index (χ1n) is 9.06. The van der Waals surface area contributed by atoms with Crippen LogP contribution in [0.5, 0.6) is 5.75 Å². The van der Waals surface area contributed by atoms with Crippen LogP contribution in [0, 0.1) is 5.92 Å². The summed E-state index contributed by atoms with van der Waals surface area (Å²) in [6, 6.07) is 7.33. The second kappa shape index (κ2) is 9.80. The minimum atomic E-state index is -0.666. The van der Waals surface area contributed by atoms with Gasteiger partial charge in [-0.2, -0.15) is 0 Å². The van der Waals surface area contributed by atoms with Gasteiger partial charge in [-0.05, 0) is 24.8 Å². The van der Waals surface area contributed by atoms with E-state index in [1.165, 1.54) is 0 Å². The summed E-state index contributed by atoms with van der Waals surface area (Å²) in [5.74, 6) is -0.378. The van der Waals surface area contributed by atoms with Crippen LogP contribution in [-0.2, 0) is 16.1 Å². The molecule has 1 aliphatic rings. The average molecular weight is 376 g/mol. The molecule has 1 aromatic rings. The van der Waals surface area contributed by atoms with E-state index in [-0.39, 0.29) is 18.5 Å². The van der Waals surface area contributed by atoms with Crippen LogP contribution < -0.4 is 15.4 Å². The topological polar surface area (TPSA) is 91.0 Å². The SMILES string of the molecule is COc1ccccc1CNC(=O)C(=O)NCC1CCN(C(=O)N(C)C)CC1. The summed E-state index contributed by atoms with van der Waals surface area (Å²) >= 11 is 0. The van der Waals surface area contributed by atoms with Gasteiger partial charge in [-0.15, -0.1) is 0 Å². The van der Waals surface area contributed by atoms with E-state index < -0.39 is 11.8 Å². The van der Waals surface area contributed by atoms with E-state index in [1.54, 1.807) is 37.1 Å². The lowest BCUT2D eigenvalue weighted by molar-refractivity contribution is -0.139. The van der Waals surface area contributed by atoms with Gasteiger partial charge in [0.25, 0.3) is 0 Å². The van der Waals surface area contributed by atoms with Gasteiger partial charge in [0.2, 0.25) is 0 Å². The van der Waals surface area contributed by atoms with Crippen LogP contribution in [0.1, 0.15) is 18.4 Å². The molecule has 8 nitrogen and oxygen atoms in total. The Bertz CT molecular complexity index is 669. The minimum absolute atomic E-state index is 0.00760. The highest BCUT2D eigenvalue weighted by Crippen LogP contribution is 2.18. The number of para-hydroxylation sites is 1. The summed E-state index contributed by atoms with van der Waals surface area (Å²) in [6.07, 6.45) is 1.62. The largest absolute Gasteiger partial charge is 0.496 e. The molecule has 1 heterocycles. The summed E-state index contributed by atoms with van der Waals surface area (Å²) in [6.45, 7) is 1.99. The highest BCUT2D eigenvalue weighted by molar-refractivity contribution is 6.35. The quantitative estimate of drug-likeness (QED) is 0.745. The van der Waals surface area contributed by atoms with Crippen LogP contribution >= 0.6 is 0 Å². The second-order valence-electron chi connectivity index (χ2n) is 6.81. The number of benzene rings is 1. The zero-order valence-electron chi connectivity index (χ0n) is 16.2. The number of carbonyl (C=O) groups is 3. The van der Waals surface area contributed by atoms with Gasteiger partial charge in [0, 0.05) is 45.8 Å². The number of ether oxygens (including phenoxy) is 1. The molecule has 27 heavy (non-hydrogen) atoms. The van der Waals surface area contributed by atoms with Crippen LogP contribution in [0.25, 0.3) is 0 Å².